The topological polar surface area (TPSA) is 68.5 Å². The van der Waals surface area contributed by atoms with Crippen molar-refractivity contribution >= 4 is 28.9 Å². The van der Waals surface area contributed by atoms with Crippen LogP contribution in [0.15, 0.2) is 36.0 Å². The maximum atomic E-state index is 11.6. The lowest BCUT2D eigenvalue weighted by molar-refractivity contribution is -0.141. The van der Waals surface area contributed by atoms with Crippen LogP contribution in [0.3, 0.4) is 0 Å². The van der Waals surface area contributed by atoms with Gasteiger partial charge in [0.1, 0.15) is 0 Å². The van der Waals surface area contributed by atoms with Crippen molar-refractivity contribution in [3.8, 4) is 0 Å². The minimum atomic E-state index is -1.07. The Morgan fingerprint density at radius 2 is 2.05 bits per heavy atom. The molecular formula is C15H15NO4. The molecule has 0 atom stereocenters. The fraction of sp³-hybridized carbons (Fsp3) is 0.200. The first-order valence-corrected chi connectivity index (χ1v) is 6.07. The molecule has 0 unspecified atom stereocenters. The van der Waals surface area contributed by atoms with Gasteiger partial charge in [0.15, 0.2) is 0 Å². The Labute approximate surface area is 116 Å². The molecule has 0 bridgehead atoms. The van der Waals surface area contributed by atoms with E-state index in [4.69, 9.17) is 5.11 Å². The highest BCUT2D eigenvalue weighted by atomic mass is 16.5. The van der Waals surface area contributed by atoms with Crippen LogP contribution in [-0.2, 0) is 21.4 Å². The Bertz CT molecular complexity index is 697. The number of para-hydroxylation sites is 1. The summed E-state index contributed by atoms with van der Waals surface area (Å²) >= 11 is 0. The number of carboxylic acids is 1. The van der Waals surface area contributed by atoms with Gasteiger partial charge in [-0.25, -0.2) is 4.79 Å². The minimum Gasteiger partial charge on any atom is -0.481 e. The molecule has 104 valence electrons. The largest absolute Gasteiger partial charge is 0.481 e. The van der Waals surface area contributed by atoms with E-state index in [1.807, 2.05) is 42.1 Å². The van der Waals surface area contributed by atoms with E-state index >= 15 is 0 Å². The first kappa shape index (κ1) is 13.9. The molecule has 0 spiro atoms. The van der Waals surface area contributed by atoms with Crippen molar-refractivity contribution in [1.82, 2.24) is 4.57 Å². The highest BCUT2D eigenvalue weighted by molar-refractivity contribution is 6.01. The number of nitrogens with zero attached hydrogens (tertiary/aromatic N) is 1. The van der Waals surface area contributed by atoms with Crippen molar-refractivity contribution < 1.29 is 19.4 Å². The molecular weight excluding hydrogens is 258 g/mol. The number of aromatic nitrogens is 1. The lowest BCUT2D eigenvalue weighted by atomic mass is 10.1. The van der Waals surface area contributed by atoms with Crippen LogP contribution in [0.2, 0.25) is 0 Å². The van der Waals surface area contributed by atoms with Gasteiger partial charge >= 0.3 is 11.9 Å². The Hall–Kier alpha value is -2.56. The standard InChI is InChI=1S/C15H15NO4/c1-16-9-11(12-5-3-4-6-13(12)16)7-10(8-14(17)18)15(19)20-2/h3-7,9H,8H2,1-2H3,(H,17,18)/b10-7+. The summed E-state index contributed by atoms with van der Waals surface area (Å²) < 4.78 is 6.55. The van der Waals surface area contributed by atoms with Gasteiger partial charge in [-0.1, -0.05) is 18.2 Å². The molecule has 0 aliphatic heterocycles. The van der Waals surface area contributed by atoms with E-state index in [0.717, 1.165) is 16.5 Å². The monoisotopic (exact) mass is 273 g/mol. The molecule has 1 aromatic heterocycles. The van der Waals surface area contributed by atoms with Gasteiger partial charge in [0.05, 0.1) is 13.5 Å². The van der Waals surface area contributed by atoms with Crippen LogP contribution in [0.1, 0.15) is 12.0 Å². The third kappa shape index (κ3) is 2.71. The van der Waals surface area contributed by atoms with E-state index in [-0.39, 0.29) is 12.0 Å². The molecule has 0 aliphatic carbocycles. The molecule has 20 heavy (non-hydrogen) atoms. The summed E-state index contributed by atoms with van der Waals surface area (Å²) in [5.74, 6) is -1.69. The summed E-state index contributed by atoms with van der Waals surface area (Å²) in [5, 5.41) is 9.83. The highest BCUT2D eigenvalue weighted by Gasteiger charge is 2.15. The number of rotatable bonds is 4. The molecule has 1 N–H and O–H groups in total. The summed E-state index contributed by atoms with van der Waals surface area (Å²) in [6, 6.07) is 7.71. The van der Waals surface area contributed by atoms with Crippen molar-refractivity contribution in [2.75, 3.05) is 7.11 Å². The van der Waals surface area contributed by atoms with Gasteiger partial charge in [0.2, 0.25) is 0 Å². The zero-order valence-corrected chi connectivity index (χ0v) is 11.3. The number of aryl methyl sites for hydroxylation is 1. The second-order valence-electron chi connectivity index (χ2n) is 4.44. The summed E-state index contributed by atoms with van der Waals surface area (Å²) in [5.41, 5.74) is 1.93. The zero-order valence-electron chi connectivity index (χ0n) is 11.3. The fourth-order valence-electron chi connectivity index (χ4n) is 2.15. The Morgan fingerprint density at radius 3 is 2.70 bits per heavy atom. The predicted octanol–water partition coefficient (Wildman–Crippen LogP) is 2.21. The number of hydrogen-bond donors (Lipinski definition) is 1. The Balaban J connectivity index is 2.53. The number of carbonyl (C=O) groups is 2. The molecule has 0 amide bonds. The predicted molar refractivity (Wildman–Crippen MR) is 75.2 cm³/mol. The number of aliphatic carboxylic acids is 1. The van der Waals surface area contributed by atoms with Crippen LogP contribution < -0.4 is 0 Å². The average molecular weight is 273 g/mol. The third-order valence-electron chi connectivity index (χ3n) is 3.05. The third-order valence-corrected chi connectivity index (χ3v) is 3.05. The van der Waals surface area contributed by atoms with Crippen molar-refractivity contribution in [3.63, 3.8) is 0 Å². The normalized spacial score (nSPS) is 11.6. The van der Waals surface area contributed by atoms with Crippen LogP contribution in [0.5, 0.6) is 0 Å². The summed E-state index contributed by atoms with van der Waals surface area (Å²) in [6.45, 7) is 0. The van der Waals surface area contributed by atoms with Crippen LogP contribution in [0.25, 0.3) is 17.0 Å². The van der Waals surface area contributed by atoms with Crippen molar-refractivity contribution in [3.05, 3.63) is 41.6 Å². The highest BCUT2D eigenvalue weighted by Crippen LogP contribution is 2.23. The number of carbonyl (C=O) groups excluding carboxylic acids is 1. The molecule has 0 fully saturated rings. The van der Waals surface area contributed by atoms with Crippen molar-refractivity contribution in [1.29, 1.82) is 0 Å². The maximum Gasteiger partial charge on any atom is 0.334 e. The minimum absolute atomic E-state index is 0.122. The van der Waals surface area contributed by atoms with E-state index in [1.54, 1.807) is 6.08 Å². The van der Waals surface area contributed by atoms with Crippen LogP contribution in [0.4, 0.5) is 0 Å². The average Bonchev–Trinajstić information content (AvgIpc) is 2.74. The van der Waals surface area contributed by atoms with Gasteiger partial charge in [-0.3, -0.25) is 4.79 Å². The molecule has 2 aromatic rings. The number of benzene rings is 1. The summed E-state index contributed by atoms with van der Waals surface area (Å²) in [7, 11) is 3.13. The molecule has 0 aliphatic rings. The van der Waals surface area contributed by atoms with Gasteiger partial charge in [0.25, 0.3) is 0 Å². The van der Waals surface area contributed by atoms with Gasteiger partial charge in [-0.15, -0.1) is 0 Å². The molecule has 0 radical (unpaired) electrons. The SMILES string of the molecule is COC(=O)/C(=C/c1cn(C)c2ccccc12)CC(=O)O. The molecule has 0 saturated heterocycles. The van der Waals surface area contributed by atoms with Crippen LogP contribution >= 0.6 is 0 Å². The lowest BCUT2D eigenvalue weighted by Crippen LogP contribution is -2.09. The van der Waals surface area contributed by atoms with E-state index < -0.39 is 11.9 Å². The lowest BCUT2D eigenvalue weighted by Gasteiger charge is -2.02. The van der Waals surface area contributed by atoms with Gasteiger partial charge in [-0.2, -0.15) is 0 Å². The molecule has 2 rings (SSSR count). The maximum absolute atomic E-state index is 11.6. The second kappa shape index (κ2) is 5.61. The van der Waals surface area contributed by atoms with E-state index in [9.17, 15) is 9.59 Å². The smallest absolute Gasteiger partial charge is 0.334 e. The molecule has 5 nitrogen and oxygen atoms in total. The number of hydrogen-bond acceptors (Lipinski definition) is 3. The van der Waals surface area contributed by atoms with Crippen molar-refractivity contribution in [2.24, 2.45) is 7.05 Å². The number of ether oxygens (including phenoxy) is 1. The first-order valence-electron chi connectivity index (χ1n) is 6.07. The van der Waals surface area contributed by atoms with E-state index in [2.05, 4.69) is 4.74 Å². The summed E-state index contributed by atoms with van der Waals surface area (Å²) in [4.78, 5) is 22.5. The first-order chi connectivity index (χ1) is 9.52. The molecule has 1 heterocycles. The Kier molecular flexibility index (Phi) is 3.89. The summed E-state index contributed by atoms with van der Waals surface area (Å²) in [6.07, 6.45) is 3.06. The van der Waals surface area contributed by atoms with Crippen molar-refractivity contribution in [2.45, 2.75) is 6.42 Å². The zero-order chi connectivity index (χ0) is 14.7. The Morgan fingerprint density at radius 1 is 1.35 bits per heavy atom. The van der Waals surface area contributed by atoms with E-state index in [1.165, 1.54) is 7.11 Å². The van der Waals surface area contributed by atoms with Gasteiger partial charge in [-0.05, 0) is 12.1 Å². The number of methoxy groups -OCH3 is 1. The van der Waals surface area contributed by atoms with Crippen LogP contribution in [-0.4, -0.2) is 28.7 Å². The number of fused-ring (bicyclic) bond motifs is 1. The quantitative estimate of drug-likeness (QED) is 0.685. The second-order valence-corrected chi connectivity index (χ2v) is 4.44. The van der Waals surface area contributed by atoms with E-state index in [0.29, 0.717) is 0 Å². The van der Waals surface area contributed by atoms with Gasteiger partial charge < -0.3 is 14.4 Å². The molecule has 0 saturated carbocycles. The number of esters is 1. The fourth-order valence-corrected chi connectivity index (χ4v) is 2.15. The molecule has 1 aromatic carbocycles. The van der Waals surface area contributed by atoms with Crippen LogP contribution in [0, 0.1) is 0 Å². The number of carboxylic acid groups (broad SMARTS) is 1. The molecule has 5 heteroatoms. The van der Waals surface area contributed by atoms with Gasteiger partial charge in [0, 0.05) is 35.3 Å².